The lowest BCUT2D eigenvalue weighted by Gasteiger charge is -2.22. The van der Waals surface area contributed by atoms with Crippen molar-refractivity contribution in [3.05, 3.63) is 58.6 Å². The van der Waals surface area contributed by atoms with Gasteiger partial charge in [0.1, 0.15) is 5.82 Å². The van der Waals surface area contributed by atoms with E-state index in [2.05, 4.69) is 15.5 Å². The van der Waals surface area contributed by atoms with Crippen LogP contribution in [0.25, 0.3) is 0 Å². The highest BCUT2D eigenvalue weighted by Crippen LogP contribution is 2.22. The molecule has 0 saturated carbocycles. The number of hydrogen-bond acceptors (Lipinski definition) is 3. The Hall–Kier alpha value is -2.01. The number of aromatic nitrogens is 2. The quantitative estimate of drug-likeness (QED) is 0.942. The van der Waals surface area contributed by atoms with Crippen LogP contribution in [0.1, 0.15) is 35.9 Å². The highest BCUT2D eigenvalue weighted by molar-refractivity contribution is 6.29. The number of benzene rings is 1. The minimum atomic E-state index is -0.345. The predicted molar refractivity (Wildman–Crippen MR) is 78.5 cm³/mol. The summed E-state index contributed by atoms with van der Waals surface area (Å²) in [7, 11) is 0. The molecule has 6 heteroatoms. The maximum Gasteiger partial charge on any atom is 0.272 e. The van der Waals surface area contributed by atoms with E-state index in [0.29, 0.717) is 0 Å². The summed E-state index contributed by atoms with van der Waals surface area (Å²) in [6.07, 6.45) is 0. The lowest BCUT2D eigenvalue weighted by atomic mass is 9.96. The van der Waals surface area contributed by atoms with E-state index < -0.39 is 0 Å². The summed E-state index contributed by atoms with van der Waals surface area (Å²) >= 11 is 5.64. The van der Waals surface area contributed by atoms with Gasteiger partial charge in [-0.25, -0.2) is 4.39 Å². The summed E-state index contributed by atoms with van der Waals surface area (Å²) in [5.41, 5.74) is 1.02. The zero-order valence-electron chi connectivity index (χ0n) is 11.7. The monoisotopic (exact) mass is 307 g/mol. The van der Waals surface area contributed by atoms with Crippen LogP contribution in [0.3, 0.4) is 0 Å². The van der Waals surface area contributed by atoms with Crippen molar-refractivity contribution in [2.75, 3.05) is 0 Å². The zero-order valence-corrected chi connectivity index (χ0v) is 12.4. The minimum Gasteiger partial charge on any atom is -0.344 e. The average molecular weight is 308 g/mol. The van der Waals surface area contributed by atoms with Crippen LogP contribution in [0.5, 0.6) is 0 Å². The molecule has 2 aromatic rings. The topological polar surface area (TPSA) is 54.9 Å². The fourth-order valence-electron chi connectivity index (χ4n) is 1.96. The van der Waals surface area contributed by atoms with Gasteiger partial charge in [0.2, 0.25) is 0 Å². The molecule has 0 saturated heterocycles. The number of hydrogen-bond donors (Lipinski definition) is 1. The molecule has 4 nitrogen and oxygen atoms in total. The van der Waals surface area contributed by atoms with Crippen molar-refractivity contribution in [3.8, 4) is 0 Å². The highest BCUT2D eigenvalue weighted by atomic mass is 35.5. The molecule has 0 bridgehead atoms. The van der Waals surface area contributed by atoms with Gasteiger partial charge in [-0.2, -0.15) is 0 Å². The SMILES string of the molecule is CC(C)C(NC(=O)c1ccc(Cl)nn1)c1ccc(F)cc1. The van der Waals surface area contributed by atoms with Gasteiger partial charge in [-0.1, -0.05) is 37.6 Å². The molecule has 1 N–H and O–H groups in total. The van der Waals surface area contributed by atoms with Gasteiger partial charge in [0.15, 0.2) is 10.8 Å². The Morgan fingerprint density at radius 3 is 2.33 bits per heavy atom. The fraction of sp³-hybridized carbons (Fsp3) is 0.267. The first-order valence-corrected chi connectivity index (χ1v) is 6.90. The maximum absolute atomic E-state index is 13.0. The van der Waals surface area contributed by atoms with Crippen LogP contribution >= 0.6 is 11.6 Å². The van der Waals surface area contributed by atoms with Crippen LogP contribution in [-0.4, -0.2) is 16.1 Å². The third kappa shape index (κ3) is 3.98. The largest absolute Gasteiger partial charge is 0.344 e. The third-order valence-electron chi connectivity index (χ3n) is 3.05. The molecule has 1 heterocycles. The first-order chi connectivity index (χ1) is 9.97. The summed E-state index contributed by atoms with van der Waals surface area (Å²) in [4.78, 5) is 12.2. The molecule has 0 fully saturated rings. The second-order valence-electron chi connectivity index (χ2n) is 4.99. The first-order valence-electron chi connectivity index (χ1n) is 6.53. The van der Waals surface area contributed by atoms with Crippen LogP contribution in [0.4, 0.5) is 4.39 Å². The summed E-state index contributed by atoms with van der Waals surface area (Å²) < 4.78 is 13.0. The number of carbonyl (C=O) groups excluding carboxylic acids is 1. The Kier molecular flexibility index (Phi) is 4.85. The molecule has 2 rings (SSSR count). The van der Waals surface area contributed by atoms with E-state index >= 15 is 0 Å². The smallest absolute Gasteiger partial charge is 0.272 e. The fourth-order valence-corrected chi connectivity index (χ4v) is 2.06. The van der Waals surface area contributed by atoms with Crippen LogP contribution in [-0.2, 0) is 0 Å². The van der Waals surface area contributed by atoms with Gasteiger partial charge < -0.3 is 5.32 Å². The molecule has 0 radical (unpaired) electrons. The van der Waals surface area contributed by atoms with Crippen LogP contribution in [0.15, 0.2) is 36.4 Å². The number of nitrogens with one attached hydrogen (secondary N) is 1. The molecule has 1 aromatic heterocycles. The molecule has 0 spiro atoms. The Morgan fingerprint density at radius 2 is 1.81 bits per heavy atom. The van der Waals surface area contributed by atoms with Crippen molar-refractivity contribution in [1.29, 1.82) is 0 Å². The summed E-state index contributed by atoms with van der Waals surface area (Å²) in [6, 6.07) is 8.84. The van der Waals surface area contributed by atoms with Crippen LogP contribution < -0.4 is 5.32 Å². The molecule has 21 heavy (non-hydrogen) atoms. The number of amides is 1. The number of rotatable bonds is 4. The van der Waals surface area contributed by atoms with Crippen molar-refractivity contribution < 1.29 is 9.18 Å². The second kappa shape index (κ2) is 6.63. The zero-order chi connectivity index (χ0) is 15.4. The maximum atomic E-state index is 13.0. The van der Waals surface area contributed by atoms with E-state index in [1.807, 2.05) is 13.8 Å². The molecule has 0 aliphatic rings. The predicted octanol–water partition coefficient (Wildman–Crippen LogP) is 3.40. The van der Waals surface area contributed by atoms with Crippen molar-refractivity contribution >= 4 is 17.5 Å². The molecule has 0 aliphatic heterocycles. The Balaban J connectivity index is 2.18. The number of carbonyl (C=O) groups is 1. The first kappa shape index (κ1) is 15.4. The minimum absolute atomic E-state index is 0.139. The summed E-state index contributed by atoms with van der Waals surface area (Å²) in [5, 5.41) is 10.5. The van der Waals surface area contributed by atoms with Crippen molar-refractivity contribution in [3.63, 3.8) is 0 Å². The lowest BCUT2D eigenvalue weighted by Crippen LogP contribution is -2.32. The van der Waals surface area contributed by atoms with Crippen LogP contribution in [0, 0.1) is 11.7 Å². The number of halogens is 2. The van der Waals surface area contributed by atoms with E-state index in [4.69, 9.17) is 11.6 Å². The van der Waals surface area contributed by atoms with Gasteiger partial charge in [0.25, 0.3) is 5.91 Å². The van der Waals surface area contributed by atoms with Gasteiger partial charge in [-0.3, -0.25) is 4.79 Å². The molecular weight excluding hydrogens is 293 g/mol. The highest BCUT2D eigenvalue weighted by Gasteiger charge is 2.20. The molecule has 1 unspecified atom stereocenters. The van der Waals surface area contributed by atoms with Gasteiger partial charge in [0, 0.05) is 0 Å². The van der Waals surface area contributed by atoms with Gasteiger partial charge in [0.05, 0.1) is 6.04 Å². The average Bonchev–Trinajstić information content (AvgIpc) is 2.46. The van der Waals surface area contributed by atoms with Crippen LogP contribution in [0.2, 0.25) is 5.15 Å². The molecular formula is C15H15ClFN3O. The molecule has 0 aliphatic carbocycles. The van der Waals surface area contributed by atoms with E-state index in [9.17, 15) is 9.18 Å². The Bertz CT molecular complexity index is 614. The van der Waals surface area contributed by atoms with E-state index in [-0.39, 0.29) is 34.5 Å². The van der Waals surface area contributed by atoms with Crippen molar-refractivity contribution in [1.82, 2.24) is 15.5 Å². The Morgan fingerprint density at radius 1 is 1.14 bits per heavy atom. The molecule has 110 valence electrons. The summed E-state index contributed by atoms with van der Waals surface area (Å²) in [5.74, 6) is -0.516. The number of nitrogens with zero attached hydrogens (tertiary/aromatic N) is 2. The summed E-state index contributed by atoms with van der Waals surface area (Å²) in [6.45, 7) is 3.95. The van der Waals surface area contributed by atoms with Gasteiger partial charge >= 0.3 is 0 Å². The molecule has 1 atom stereocenters. The van der Waals surface area contributed by atoms with E-state index in [1.54, 1.807) is 12.1 Å². The van der Waals surface area contributed by atoms with Gasteiger partial charge in [-0.05, 0) is 35.7 Å². The normalized spacial score (nSPS) is 12.2. The third-order valence-corrected chi connectivity index (χ3v) is 3.25. The van der Waals surface area contributed by atoms with Gasteiger partial charge in [-0.15, -0.1) is 10.2 Å². The van der Waals surface area contributed by atoms with Crippen molar-refractivity contribution in [2.45, 2.75) is 19.9 Å². The standard InChI is InChI=1S/C15H15ClFN3O/c1-9(2)14(10-3-5-11(17)6-4-10)18-15(21)12-7-8-13(16)20-19-12/h3-9,14H,1-2H3,(H,18,21). The van der Waals surface area contributed by atoms with E-state index in [0.717, 1.165) is 5.56 Å². The molecule has 1 amide bonds. The van der Waals surface area contributed by atoms with Crippen molar-refractivity contribution in [2.24, 2.45) is 5.92 Å². The second-order valence-corrected chi connectivity index (χ2v) is 5.38. The van der Waals surface area contributed by atoms with E-state index in [1.165, 1.54) is 24.3 Å². The lowest BCUT2D eigenvalue weighted by molar-refractivity contribution is 0.0919. The Labute approximate surface area is 127 Å². The molecule has 1 aromatic carbocycles.